The zero-order chi connectivity index (χ0) is 12.4. The monoisotopic (exact) mass is 231 g/mol. The van der Waals surface area contributed by atoms with Gasteiger partial charge in [-0.25, -0.2) is 0 Å². The van der Waals surface area contributed by atoms with Crippen molar-refractivity contribution in [1.29, 1.82) is 0 Å². The average molecular weight is 231 g/mol. The summed E-state index contributed by atoms with van der Waals surface area (Å²) in [6, 6.07) is 7.50. The lowest BCUT2D eigenvalue weighted by atomic mass is 10.1. The Morgan fingerprint density at radius 3 is 2.76 bits per heavy atom. The van der Waals surface area contributed by atoms with Gasteiger partial charge in [-0.15, -0.1) is 0 Å². The molecule has 0 atom stereocenters. The predicted octanol–water partition coefficient (Wildman–Crippen LogP) is 0.725. The Labute approximate surface area is 98.2 Å². The lowest BCUT2D eigenvalue weighted by Gasteiger charge is -2.14. The van der Waals surface area contributed by atoms with E-state index in [0.717, 1.165) is 10.9 Å². The summed E-state index contributed by atoms with van der Waals surface area (Å²) in [5, 5.41) is 0.842. The molecule has 0 saturated carbocycles. The minimum Gasteiger partial charge on any atom is -0.368 e. The van der Waals surface area contributed by atoms with Crippen molar-refractivity contribution >= 4 is 22.7 Å². The molecule has 17 heavy (non-hydrogen) atoms. The van der Waals surface area contributed by atoms with Crippen LogP contribution in [0, 0.1) is 0 Å². The van der Waals surface area contributed by atoms with Gasteiger partial charge in [0.05, 0.1) is 12.1 Å². The van der Waals surface area contributed by atoms with Gasteiger partial charge in [0.25, 0.3) is 5.91 Å². The summed E-state index contributed by atoms with van der Waals surface area (Å²) in [6.07, 6.45) is 1.64. The second kappa shape index (κ2) is 4.29. The maximum atomic E-state index is 12.1. The van der Waals surface area contributed by atoms with Crippen LogP contribution in [-0.2, 0) is 4.79 Å². The summed E-state index contributed by atoms with van der Waals surface area (Å²) < 4.78 is 0. The zero-order valence-corrected chi connectivity index (χ0v) is 9.43. The van der Waals surface area contributed by atoms with Crippen LogP contribution in [0.2, 0.25) is 0 Å². The van der Waals surface area contributed by atoms with Gasteiger partial charge in [-0.05, 0) is 6.07 Å². The molecule has 0 aliphatic heterocycles. The van der Waals surface area contributed by atoms with Crippen molar-refractivity contribution in [3.8, 4) is 0 Å². The van der Waals surface area contributed by atoms with Gasteiger partial charge in [0, 0.05) is 24.1 Å². The molecule has 1 aromatic carbocycles. The smallest absolute Gasteiger partial charge is 0.256 e. The van der Waals surface area contributed by atoms with Crippen molar-refractivity contribution in [1.82, 2.24) is 9.88 Å². The second-order valence-electron chi connectivity index (χ2n) is 3.88. The fraction of sp³-hybridized carbons (Fsp3) is 0.167. The van der Waals surface area contributed by atoms with E-state index in [1.807, 2.05) is 24.3 Å². The number of hydrogen-bond donors (Lipinski definition) is 2. The highest BCUT2D eigenvalue weighted by molar-refractivity contribution is 6.07. The van der Waals surface area contributed by atoms with Crippen molar-refractivity contribution in [2.45, 2.75) is 0 Å². The second-order valence-corrected chi connectivity index (χ2v) is 3.88. The number of aromatic amines is 1. The summed E-state index contributed by atoms with van der Waals surface area (Å²) in [6.45, 7) is -0.0850. The summed E-state index contributed by atoms with van der Waals surface area (Å²) in [4.78, 5) is 27.1. The Bertz CT molecular complexity index is 574. The van der Waals surface area contributed by atoms with E-state index in [4.69, 9.17) is 5.73 Å². The number of carbonyl (C=O) groups is 2. The molecule has 0 saturated heterocycles. The van der Waals surface area contributed by atoms with E-state index < -0.39 is 5.91 Å². The summed E-state index contributed by atoms with van der Waals surface area (Å²) in [5.41, 5.74) is 6.49. The number of amides is 2. The highest BCUT2D eigenvalue weighted by atomic mass is 16.2. The van der Waals surface area contributed by atoms with Crippen LogP contribution in [0.4, 0.5) is 0 Å². The Morgan fingerprint density at radius 1 is 1.35 bits per heavy atom. The molecule has 0 aliphatic rings. The molecule has 0 fully saturated rings. The Hall–Kier alpha value is -2.30. The minimum absolute atomic E-state index is 0.0850. The highest BCUT2D eigenvalue weighted by Gasteiger charge is 2.16. The van der Waals surface area contributed by atoms with Crippen LogP contribution >= 0.6 is 0 Å². The third-order valence-electron chi connectivity index (χ3n) is 2.56. The van der Waals surface area contributed by atoms with E-state index in [2.05, 4.69) is 4.98 Å². The molecule has 0 bridgehead atoms. The molecule has 0 radical (unpaired) electrons. The summed E-state index contributed by atoms with van der Waals surface area (Å²) >= 11 is 0. The number of para-hydroxylation sites is 1. The molecule has 2 rings (SSSR count). The fourth-order valence-corrected chi connectivity index (χ4v) is 1.76. The number of nitrogens with zero attached hydrogens (tertiary/aromatic N) is 1. The molecule has 2 aromatic rings. The third-order valence-corrected chi connectivity index (χ3v) is 2.56. The summed E-state index contributed by atoms with van der Waals surface area (Å²) in [7, 11) is 1.55. The lowest BCUT2D eigenvalue weighted by Crippen LogP contribution is -2.35. The van der Waals surface area contributed by atoms with Crippen LogP contribution in [0.5, 0.6) is 0 Å². The Balaban J connectivity index is 2.33. The van der Waals surface area contributed by atoms with E-state index in [1.165, 1.54) is 4.90 Å². The third kappa shape index (κ3) is 2.13. The van der Waals surface area contributed by atoms with Crippen molar-refractivity contribution in [3.05, 3.63) is 36.0 Å². The number of primary amides is 1. The van der Waals surface area contributed by atoms with Crippen LogP contribution in [0.1, 0.15) is 10.4 Å². The van der Waals surface area contributed by atoms with Crippen molar-refractivity contribution in [3.63, 3.8) is 0 Å². The normalized spacial score (nSPS) is 10.4. The van der Waals surface area contributed by atoms with Gasteiger partial charge in [-0.1, -0.05) is 18.2 Å². The van der Waals surface area contributed by atoms with Gasteiger partial charge in [0.2, 0.25) is 5.91 Å². The first kappa shape index (κ1) is 11.2. The largest absolute Gasteiger partial charge is 0.368 e. The van der Waals surface area contributed by atoms with Crippen molar-refractivity contribution in [2.24, 2.45) is 5.73 Å². The molecule has 1 aromatic heterocycles. The first-order chi connectivity index (χ1) is 8.09. The molecular formula is C12H13N3O2. The maximum Gasteiger partial charge on any atom is 0.256 e. The molecule has 0 unspecified atom stereocenters. The number of carbonyl (C=O) groups excluding carboxylic acids is 2. The zero-order valence-electron chi connectivity index (χ0n) is 9.43. The topological polar surface area (TPSA) is 79.2 Å². The number of fused-ring (bicyclic) bond motifs is 1. The van der Waals surface area contributed by atoms with Crippen LogP contribution in [0.3, 0.4) is 0 Å². The summed E-state index contributed by atoms with van der Waals surface area (Å²) in [5.74, 6) is -0.748. The first-order valence-electron chi connectivity index (χ1n) is 5.19. The van der Waals surface area contributed by atoms with Gasteiger partial charge in [0.15, 0.2) is 0 Å². The number of benzene rings is 1. The van der Waals surface area contributed by atoms with E-state index in [-0.39, 0.29) is 12.5 Å². The van der Waals surface area contributed by atoms with Gasteiger partial charge in [-0.2, -0.15) is 0 Å². The van der Waals surface area contributed by atoms with Crippen molar-refractivity contribution < 1.29 is 9.59 Å². The number of H-pyrrole nitrogens is 1. The Kier molecular flexibility index (Phi) is 2.82. The number of nitrogens with two attached hydrogens (primary N) is 1. The molecule has 0 aliphatic carbocycles. The molecule has 5 heteroatoms. The van der Waals surface area contributed by atoms with Crippen LogP contribution in [0.25, 0.3) is 10.9 Å². The standard InChI is InChI=1S/C12H13N3O2/c1-15(7-11(13)16)12(17)9-6-14-10-5-3-2-4-8(9)10/h2-6,14H,7H2,1H3,(H2,13,16). The number of nitrogens with one attached hydrogen (secondary N) is 1. The number of hydrogen-bond acceptors (Lipinski definition) is 2. The van der Waals surface area contributed by atoms with E-state index >= 15 is 0 Å². The van der Waals surface area contributed by atoms with E-state index in [0.29, 0.717) is 5.56 Å². The molecular weight excluding hydrogens is 218 g/mol. The molecule has 5 nitrogen and oxygen atoms in total. The van der Waals surface area contributed by atoms with Crippen molar-refractivity contribution in [2.75, 3.05) is 13.6 Å². The maximum absolute atomic E-state index is 12.1. The Morgan fingerprint density at radius 2 is 2.06 bits per heavy atom. The predicted molar refractivity (Wildman–Crippen MR) is 64.5 cm³/mol. The average Bonchev–Trinajstić information content (AvgIpc) is 2.70. The molecule has 1 heterocycles. The van der Waals surface area contributed by atoms with E-state index in [1.54, 1.807) is 13.2 Å². The van der Waals surface area contributed by atoms with Gasteiger partial charge < -0.3 is 15.6 Å². The van der Waals surface area contributed by atoms with Crippen LogP contribution < -0.4 is 5.73 Å². The minimum atomic E-state index is -0.527. The molecule has 88 valence electrons. The molecule has 2 amide bonds. The van der Waals surface area contributed by atoms with Gasteiger partial charge in [-0.3, -0.25) is 9.59 Å². The fourth-order valence-electron chi connectivity index (χ4n) is 1.76. The highest BCUT2D eigenvalue weighted by Crippen LogP contribution is 2.18. The quantitative estimate of drug-likeness (QED) is 0.816. The molecule has 3 N–H and O–H groups in total. The van der Waals surface area contributed by atoms with Crippen LogP contribution in [0.15, 0.2) is 30.5 Å². The first-order valence-corrected chi connectivity index (χ1v) is 5.19. The van der Waals surface area contributed by atoms with Gasteiger partial charge in [0.1, 0.15) is 0 Å². The molecule has 0 spiro atoms. The lowest BCUT2D eigenvalue weighted by molar-refractivity contribution is -0.118. The van der Waals surface area contributed by atoms with E-state index in [9.17, 15) is 9.59 Å². The van der Waals surface area contributed by atoms with Gasteiger partial charge >= 0.3 is 0 Å². The number of aromatic nitrogens is 1. The SMILES string of the molecule is CN(CC(N)=O)C(=O)c1c[nH]c2ccccc12. The number of likely N-dealkylation sites (N-methyl/N-ethyl adjacent to an activating group) is 1. The number of rotatable bonds is 3. The van der Waals surface area contributed by atoms with Crippen LogP contribution in [-0.4, -0.2) is 35.3 Å².